The molecule has 2 heterocycles. The van der Waals surface area contributed by atoms with Gasteiger partial charge in [-0.05, 0) is 0 Å². The summed E-state index contributed by atoms with van der Waals surface area (Å²) in [5.41, 5.74) is 8.82. The SMILES string of the molecule is Nc1ncnc2c1c(-c1ccccc1)nn2CC(=O)c1ccccc1. The number of nitrogens with two attached hydrogens (primary N) is 1. The Morgan fingerprint density at radius 3 is 2.36 bits per heavy atom. The molecule has 2 aromatic carbocycles. The molecule has 6 heteroatoms. The van der Waals surface area contributed by atoms with Crippen LogP contribution in [0.3, 0.4) is 0 Å². The molecule has 4 rings (SSSR count). The third-order valence-corrected chi connectivity index (χ3v) is 3.99. The number of rotatable bonds is 4. The van der Waals surface area contributed by atoms with Crippen molar-refractivity contribution in [2.24, 2.45) is 0 Å². The van der Waals surface area contributed by atoms with Gasteiger partial charge in [-0.15, -0.1) is 0 Å². The van der Waals surface area contributed by atoms with Gasteiger partial charge < -0.3 is 5.73 Å². The molecule has 0 bridgehead atoms. The lowest BCUT2D eigenvalue weighted by Gasteiger charge is -2.02. The van der Waals surface area contributed by atoms with E-state index in [1.807, 2.05) is 48.5 Å². The Balaban J connectivity index is 1.83. The second-order valence-electron chi connectivity index (χ2n) is 5.62. The summed E-state index contributed by atoms with van der Waals surface area (Å²) in [5, 5.41) is 5.26. The van der Waals surface area contributed by atoms with Gasteiger partial charge in [0.1, 0.15) is 24.4 Å². The minimum absolute atomic E-state index is 0.0400. The predicted molar refractivity (Wildman–Crippen MR) is 95.9 cm³/mol. The predicted octanol–water partition coefficient (Wildman–Crippen LogP) is 2.96. The number of anilines is 1. The second-order valence-corrected chi connectivity index (χ2v) is 5.62. The van der Waals surface area contributed by atoms with Crippen LogP contribution in [0.5, 0.6) is 0 Å². The molecule has 0 saturated carbocycles. The maximum absolute atomic E-state index is 12.6. The van der Waals surface area contributed by atoms with Gasteiger partial charge in [-0.1, -0.05) is 60.7 Å². The number of Topliss-reactive ketones (excluding diaryl/α,β-unsaturated/α-hetero) is 1. The normalized spacial score (nSPS) is 10.9. The summed E-state index contributed by atoms with van der Waals surface area (Å²) in [7, 11) is 0. The van der Waals surface area contributed by atoms with Crippen LogP contribution in [0.15, 0.2) is 67.0 Å². The van der Waals surface area contributed by atoms with E-state index in [1.54, 1.807) is 16.8 Å². The topological polar surface area (TPSA) is 86.7 Å². The van der Waals surface area contributed by atoms with Crippen molar-refractivity contribution in [1.82, 2.24) is 19.7 Å². The molecule has 0 aliphatic carbocycles. The Morgan fingerprint density at radius 1 is 0.960 bits per heavy atom. The molecule has 0 amide bonds. The Kier molecular flexibility index (Phi) is 3.70. The monoisotopic (exact) mass is 329 g/mol. The zero-order valence-corrected chi connectivity index (χ0v) is 13.3. The summed E-state index contributed by atoms with van der Waals surface area (Å²) >= 11 is 0. The molecule has 2 aromatic heterocycles. The number of aromatic nitrogens is 4. The molecule has 122 valence electrons. The number of nitrogen functional groups attached to an aromatic ring is 1. The molecule has 0 atom stereocenters. The first-order valence-corrected chi connectivity index (χ1v) is 7.84. The maximum atomic E-state index is 12.6. The average molecular weight is 329 g/mol. The van der Waals surface area contributed by atoms with E-state index < -0.39 is 0 Å². The zero-order chi connectivity index (χ0) is 17.2. The van der Waals surface area contributed by atoms with Gasteiger partial charge in [-0.3, -0.25) is 4.79 Å². The van der Waals surface area contributed by atoms with Crippen LogP contribution in [0.1, 0.15) is 10.4 Å². The number of nitrogens with zero attached hydrogens (tertiary/aromatic N) is 4. The number of ketones is 1. The Labute approximate surface area is 144 Å². The minimum atomic E-state index is -0.0400. The first-order valence-electron chi connectivity index (χ1n) is 7.84. The number of fused-ring (bicyclic) bond motifs is 1. The van der Waals surface area contributed by atoms with Crippen molar-refractivity contribution < 1.29 is 4.79 Å². The van der Waals surface area contributed by atoms with E-state index in [0.29, 0.717) is 28.1 Å². The lowest BCUT2D eigenvalue weighted by Crippen LogP contribution is -2.12. The van der Waals surface area contributed by atoms with Gasteiger partial charge in [0.25, 0.3) is 0 Å². The van der Waals surface area contributed by atoms with Crippen LogP contribution in [0.4, 0.5) is 5.82 Å². The largest absolute Gasteiger partial charge is 0.383 e. The molecule has 0 spiro atoms. The van der Waals surface area contributed by atoms with Crippen molar-refractivity contribution in [2.45, 2.75) is 6.54 Å². The van der Waals surface area contributed by atoms with Crippen LogP contribution in [0, 0.1) is 0 Å². The molecule has 0 saturated heterocycles. The average Bonchev–Trinajstić information content (AvgIpc) is 3.03. The van der Waals surface area contributed by atoms with E-state index in [-0.39, 0.29) is 12.3 Å². The summed E-state index contributed by atoms with van der Waals surface area (Å²) in [6, 6.07) is 18.8. The van der Waals surface area contributed by atoms with Gasteiger partial charge in [-0.25, -0.2) is 14.6 Å². The molecule has 4 aromatic rings. The summed E-state index contributed by atoms with van der Waals surface area (Å²) in [5.74, 6) is 0.309. The van der Waals surface area contributed by atoms with Crippen LogP contribution < -0.4 is 5.73 Å². The van der Waals surface area contributed by atoms with E-state index >= 15 is 0 Å². The van der Waals surface area contributed by atoms with E-state index in [9.17, 15) is 4.79 Å². The fourth-order valence-corrected chi connectivity index (χ4v) is 2.79. The quantitative estimate of drug-likeness (QED) is 0.582. The summed E-state index contributed by atoms with van der Waals surface area (Å²) in [6.45, 7) is 0.0871. The van der Waals surface area contributed by atoms with Crippen molar-refractivity contribution >= 4 is 22.6 Å². The fourth-order valence-electron chi connectivity index (χ4n) is 2.79. The van der Waals surface area contributed by atoms with Gasteiger partial charge in [0.2, 0.25) is 0 Å². The molecular formula is C19H15N5O. The fraction of sp³-hybridized carbons (Fsp3) is 0.0526. The van der Waals surface area contributed by atoms with Crippen LogP contribution in [-0.2, 0) is 6.54 Å². The highest BCUT2D eigenvalue weighted by molar-refractivity contribution is 6.00. The molecule has 25 heavy (non-hydrogen) atoms. The number of hydrogen-bond donors (Lipinski definition) is 1. The van der Waals surface area contributed by atoms with Crippen molar-refractivity contribution in [1.29, 1.82) is 0 Å². The lowest BCUT2D eigenvalue weighted by molar-refractivity contribution is 0.0969. The molecule has 0 unspecified atom stereocenters. The standard InChI is InChI=1S/C19H15N5O/c20-18-16-17(14-9-5-2-6-10-14)23-24(19(16)22-12-21-18)11-15(25)13-7-3-1-4-8-13/h1-10,12H,11H2,(H2,20,21,22). The highest BCUT2D eigenvalue weighted by Gasteiger charge is 2.18. The van der Waals surface area contributed by atoms with Gasteiger partial charge in [0, 0.05) is 11.1 Å². The number of benzene rings is 2. The minimum Gasteiger partial charge on any atom is -0.383 e. The number of carbonyl (C=O) groups is 1. The molecule has 0 aliphatic rings. The molecule has 0 radical (unpaired) electrons. The van der Waals surface area contributed by atoms with Gasteiger partial charge in [0.05, 0.1) is 5.39 Å². The van der Waals surface area contributed by atoms with E-state index in [2.05, 4.69) is 15.1 Å². The molecule has 0 aliphatic heterocycles. The highest BCUT2D eigenvalue weighted by Crippen LogP contribution is 2.29. The molecular weight excluding hydrogens is 314 g/mol. The smallest absolute Gasteiger partial charge is 0.184 e. The van der Waals surface area contributed by atoms with Gasteiger partial charge in [-0.2, -0.15) is 5.10 Å². The van der Waals surface area contributed by atoms with Crippen LogP contribution in [0.2, 0.25) is 0 Å². The van der Waals surface area contributed by atoms with Crippen molar-refractivity contribution in [3.8, 4) is 11.3 Å². The van der Waals surface area contributed by atoms with E-state index in [0.717, 1.165) is 5.56 Å². The first-order chi connectivity index (χ1) is 12.2. The molecule has 6 nitrogen and oxygen atoms in total. The third-order valence-electron chi connectivity index (χ3n) is 3.99. The Bertz CT molecular complexity index is 1040. The Hall–Kier alpha value is -3.54. The van der Waals surface area contributed by atoms with E-state index in [4.69, 9.17) is 5.73 Å². The van der Waals surface area contributed by atoms with Crippen molar-refractivity contribution in [3.05, 3.63) is 72.6 Å². The highest BCUT2D eigenvalue weighted by atomic mass is 16.1. The summed E-state index contributed by atoms with van der Waals surface area (Å²) in [4.78, 5) is 20.9. The van der Waals surface area contributed by atoms with Gasteiger partial charge in [0.15, 0.2) is 11.4 Å². The molecule has 2 N–H and O–H groups in total. The van der Waals surface area contributed by atoms with Crippen LogP contribution >= 0.6 is 0 Å². The van der Waals surface area contributed by atoms with E-state index in [1.165, 1.54) is 6.33 Å². The van der Waals surface area contributed by atoms with Crippen molar-refractivity contribution in [2.75, 3.05) is 5.73 Å². The summed E-state index contributed by atoms with van der Waals surface area (Å²) in [6.07, 6.45) is 1.39. The van der Waals surface area contributed by atoms with Gasteiger partial charge >= 0.3 is 0 Å². The second kappa shape index (κ2) is 6.16. The van der Waals surface area contributed by atoms with Crippen LogP contribution in [0.25, 0.3) is 22.3 Å². The third kappa shape index (κ3) is 2.74. The van der Waals surface area contributed by atoms with Crippen molar-refractivity contribution in [3.63, 3.8) is 0 Å². The van der Waals surface area contributed by atoms with Crippen LogP contribution in [-0.4, -0.2) is 25.5 Å². The maximum Gasteiger partial charge on any atom is 0.184 e. The zero-order valence-electron chi connectivity index (χ0n) is 13.3. The number of hydrogen-bond acceptors (Lipinski definition) is 5. The Morgan fingerprint density at radius 2 is 1.64 bits per heavy atom. The first kappa shape index (κ1) is 15.0. The molecule has 0 fully saturated rings. The lowest BCUT2D eigenvalue weighted by atomic mass is 10.1. The summed E-state index contributed by atoms with van der Waals surface area (Å²) < 4.78 is 1.59. The number of carbonyl (C=O) groups excluding carboxylic acids is 1.